The second-order valence-electron chi connectivity index (χ2n) is 7.46. The van der Waals surface area contributed by atoms with Crippen molar-refractivity contribution in [2.45, 2.75) is 63.6 Å². The number of urea groups is 1. The number of nitrogens with zero attached hydrogens (tertiary/aromatic N) is 1. The smallest absolute Gasteiger partial charge is 0.318 e. The van der Waals surface area contributed by atoms with Crippen LogP contribution in [0.4, 0.5) is 4.79 Å². The first-order valence-electron chi connectivity index (χ1n) is 9.20. The van der Waals surface area contributed by atoms with Gasteiger partial charge in [-0.3, -0.25) is 9.59 Å². The van der Waals surface area contributed by atoms with Crippen LogP contribution < -0.4 is 16.4 Å². The molecule has 8 nitrogen and oxygen atoms in total. The number of amides is 4. The van der Waals surface area contributed by atoms with Crippen molar-refractivity contribution in [3.63, 3.8) is 0 Å². The zero-order chi connectivity index (χ0) is 19.3. The monoisotopic (exact) mass is 386 g/mol. The van der Waals surface area contributed by atoms with Gasteiger partial charge in [0.25, 0.3) is 0 Å². The van der Waals surface area contributed by atoms with Gasteiger partial charge in [-0.05, 0) is 18.8 Å². The Hall–Kier alpha value is -1.48. The average Bonchev–Trinajstić information content (AvgIpc) is 3.14. The van der Waals surface area contributed by atoms with Gasteiger partial charge < -0.3 is 26.4 Å². The van der Waals surface area contributed by atoms with E-state index in [2.05, 4.69) is 10.6 Å². The number of aliphatic hydroxyl groups excluding tert-OH is 1. The molecule has 1 aliphatic carbocycles. The summed E-state index contributed by atoms with van der Waals surface area (Å²) in [6.07, 6.45) is 2.32. The third-order valence-electron chi connectivity index (χ3n) is 5.18. The summed E-state index contributed by atoms with van der Waals surface area (Å²) >= 11 is 1.68. The summed E-state index contributed by atoms with van der Waals surface area (Å²) in [6, 6.07) is -1.03. The normalized spacial score (nSPS) is 21.9. The topological polar surface area (TPSA) is 125 Å². The molecule has 0 radical (unpaired) electrons. The molecular formula is C17H30N4O4S. The SMILES string of the molecule is CC(C)[C@H](NC(=O)C1(NC(=O)N2CCSC2)CCCCC1)[C@H](O)C(N)=O. The van der Waals surface area contributed by atoms with Crippen LogP contribution in [0.3, 0.4) is 0 Å². The van der Waals surface area contributed by atoms with E-state index < -0.39 is 23.6 Å². The van der Waals surface area contributed by atoms with Gasteiger partial charge in [0.15, 0.2) is 6.10 Å². The summed E-state index contributed by atoms with van der Waals surface area (Å²) in [5.41, 5.74) is 4.20. The summed E-state index contributed by atoms with van der Waals surface area (Å²) in [6.45, 7) is 4.26. The van der Waals surface area contributed by atoms with Crippen molar-refractivity contribution in [3.05, 3.63) is 0 Å². The molecule has 2 fully saturated rings. The standard InChI is InChI=1S/C17H30N4O4S/c1-11(2)12(13(22)14(18)23)19-15(24)17(6-4-3-5-7-17)20-16(25)21-8-9-26-10-21/h11-13,22H,3-10H2,1-2H3,(H2,18,23)(H,19,24)(H,20,25)/t12-,13-/m0/s1. The van der Waals surface area contributed by atoms with Crippen molar-refractivity contribution < 1.29 is 19.5 Å². The lowest BCUT2D eigenvalue weighted by Crippen LogP contribution is -2.65. The van der Waals surface area contributed by atoms with Crippen LogP contribution in [0.25, 0.3) is 0 Å². The molecule has 26 heavy (non-hydrogen) atoms. The number of hydrogen-bond acceptors (Lipinski definition) is 5. The maximum atomic E-state index is 13.1. The number of thioether (sulfide) groups is 1. The highest BCUT2D eigenvalue weighted by molar-refractivity contribution is 7.99. The molecule has 0 aromatic heterocycles. The van der Waals surface area contributed by atoms with Crippen LogP contribution in [0.15, 0.2) is 0 Å². The molecule has 1 saturated heterocycles. The predicted molar refractivity (Wildman–Crippen MR) is 100 cm³/mol. The number of carbonyl (C=O) groups excluding carboxylic acids is 3. The summed E-state index contributed by atoms with van der Waals surface area (Å²) in [5, 5.41) is 15.8. The number of carbonyl (C=O) groups is 3. The second-order valence-corrected chi connectivity index (χ2v) is 8.54. The molecule has 1 aliphatic heterocycles. The number of rotatable bonds is 6. The lowest BCUT2D eigenvalue weighted by Gasteiger charge is -2.39. The molecule has 2 rings (SSSR count). The van der Waals surface area contributed by atoms with Gasteiger partial charge in [0.2, 0.25) is 11.8 Å². The van der Waals surface area contributed by atoms with Gasteiger partial charge in [-0.1, -0.05) is 33.1 Å². The summed E-state index contributed by atoms with van der Waals surface area (Å²) in [7, 11) is 0. The molecule has 2 aliphatic rings. The lowest BCUT2D eigenvalue weighted by molar-refractivity contribution is -0.134. The lowest BCUT2D eigenvalue weighted by atomic mass is 9.80. The van der Waals surface area contributed by atoms with Gasteiger partial charge in [0, 0.05) is 12.3 Å². The highest BCUT2D eigenvalue weighted by atomic mass is 32.2. The molecule has 0 bridgehead atoms. The van der Waals surface area contributed by atoms with E-state index in [1.165, 1.54) is 0 Å². The van der Waals surface area contributed by atoms with Gasteiger partial charge in [-0.15, -0.1) is 11.8 Å². The fourth-order valence-electron chi connectivity index (χ4n) is 3.50. The quantitative estimate of drug-likeness (QED) is 0.526. The van der Waals surface area contributed by atoms with Crippen LogP contribution in [-0.2, 0) is 9.59 Å². The largest absolute Gasteiger partial charge is 0.381 e. The van der Waals surface area contributed by atoms with Crippen LogP contribution in [0.2, 0.25) is 0 Å². The zero-order valence-electron chi connectivity index (χ0n) is 15.5. The van der Waals surface area contributed by atoms with Crippen molar-refractivity contribution >= 4 is 29.6 Å². The Morgan fingerprint density at radius 3 is 2.35 bits per heavy atom. The molecule has 0 spiro atoms. The summed E-state index contributed by atoms with van der Waals surface area (Å²) in [4.78, 5) is 38.8. The van der Waals surface area contributed by atoms with E-state index in [4.69, 9.17) is 5.73 Å². The van der Waals surface area contributed by atoms with Gasteiger partial charge in [-0.25, -0.2) is 4.79 Å². The predicted octanol–water partition coefficient (Wildman–Crippen LogP) is 0.392. The summed E-state index contributed by atoms with van der Waals surface area (Å²) in [5.74, 6) is 0.106. The highest BCUT2D eigenvalue weighted by Crippen LogP contribution is 2.30. The molecule has 0 unspecified atom stereocenters. The molecule has 0 aromatic carbocycles. The number of hydrogen-bond donors (Lipinski definition) is 4. The molecule has 2 atom stereocenters. The van der Waals surface area contributed by atoms with Crippen LogP contribution in [0.5, 0.6) is 0 Å². The third kappa shape index (κ3) is 4.82. The molecule has 5 N–H and O–H groups in total. The van der Waals surface area contributed by atoms with Crippen molar-refractivity contribution in [3.8, 4) is 0 Å². The van der Waals surface area contributed by atoms with Crippen molar-refractivity contribution in [1.29, 1.82) is 0 Å². The van der Waals surface area contributed by atoms with Crippen LogP contribution in [0.1, 0.15) is 46.0 Å². The van der Waals surface area contributed by atoms with Crippen molar-refractivity contribution in [2.75, 3.05) is 18.2 Å². The minimum absolute atomic E-state index is 0.187. The maximum Gasteiger partial charge on any atom is 0.318 e. The molecule has 4 amide bonds. The number of nitrogens with two attached hydrogens (primary N) is 1. The van der Waals surface area contributed by atoms with Crippen molar-refractivity contribution in [2.24, 2.45) is 11.7 Å². The van der Waals surface area contributed by atoms with E-state index in [-0.39, 0.29) is 17.9 Å². The first kappa shape index (κ1) is 20.8. The maximum absolute atomic E-state index is 13.1. The highest BCUT2D eigenvalue weighted by Gasteiger charge is 2.44. The minimum atomic E-state index is -1.47. The van der Waals surface area contributed by atoms with Crippen molar-refractivity contribution in [1.82, 2.24) is 15.5 Å². The minimum Gasteiger partial charge on any atom is -0.381 e. The fraction of sp³-hybridized carbons (Fsp3) is 0.824. The van der Waals surface area contributed by atoms with E-state index in [1.807, 2.05) is 0 Å². The zero-order valence-corrected chi connectivity index (χ0v) is 16.3. The third-order valence-corrected chi connectivity index (χ3v) is 6.14. The number of aliphatic hydroxyl groups is 1. The Balaban J connectivity index is 2.14. The Bertz CT molecular complexity index is 531. The molecule has 9 heteroatoms. The molecule has 1 heterocycles. The Morgan fingerprint density at radius 2 is 1.85 bits per heavy atom. The molecular weight excluding hydrogens is 356 g/mol. The van der Waals surface area contributed by atoms with E-state index >= 15 is 0 Å². The van der Waals surface area contributed by atoms with E-state index in [9.17, 15) is 19.5 Å². The number of nitrogens with one attached hydrogen (secondary N) is 2. The van der Waals surface area contributed by atoms with Gasteiger partial charge >= 0.3 is 6.03 Å². The Morgan fingerprint density at radius 1 is 1.19 bits per heavy atom. The second kappa shape index (κ2) is 8.94. The number of primary amides is 1. The average molecular weight is 387 g/mol. The first-order chi connectivity index (χ1) is 12.3. The van der Waals surface area contributed by atoms with E-state index in [1.54, 1.807) is 30.5 Å². The Labute approximate surface area is 158 Å². The van der Waals surface area contributed by atoms with Crippen LogP contribution in [-0.4, -0.2) is 63.7 Å². The van der Waals surface area contributed by atoms with E-state index in [0.717, 1.165) is 25.0 Å². The summed E-state index contributed by atoms with van der Waals surface area (Å²) < 4.78 is 0. The van der Waals surface area contributed by atoms with Crippen LogP contribution in [0, 0.1) is 5.92 Å². The fourth-order valence-corrected chi connectivity index (χ4v) is 4.44. The van der Waals surface area contributed by atoms with E-state index in [0.29, 0.717) is 25.3 Å². The Kier molecular flexibility index (Phi) is 7.16. The molecule has 1 saturated carbocycles. The molecule has 148 valence electrons. The molecule has 0 aromatic rings. The van der Waals surface area contributed by atoms with Crippen LogP contribution >= 0.6 is 11.8 Å². The van der Waals surface area contributed by atoms with Gasteiger partial charge in [0.1, 0.15) is 5.54 Å². The van der Waals surface area contributed by atoms with Gasteiger partial charge in [0.05, 0.1) is 11.9 Å². The first-order valence-corrected chi connectivity index (χ1v) is 10.4. The van der Waals surface area contributed by atoms with Gasteiger partial charge in [-0.2, -0.15) is 0 Å².